The lowest BCUT2D eigenvalue weighted by molar-refractivity contribution is -0.305. The Hall–Kier alpha value is -3.42. The summed E-state index contributed by atoms with van der Waals surface area (Å²) in [7, 11) is 0. The van der Waals surface area contributed by atoms with Crippen LogP contribution in [-0.4, -0.2) is 99.6 Å². The molecule has 1 fully saturated rings. The van der Waals surface area contributed by atoms with Gasteiger partial charge in [-0.15, -0.1) is 0 Å². The monoisotopic (exact) mass is 1180 g/mol. The second kappa shape index (κ2) is 59.9. The Morgan fingerprint density at radius 1 is 0.464 bits per heavy atom. The van der Waals surface area contributed by atoms with E-state index in [2.05, 4.69) is 111 Å². The van der Waals surface area contributed by atoms with Crippen LogP contribution < -0.4 is 5.32 Å². The van der Waals surface area contributed by atoms with E-state index in [9.17, 15) is 35.1 Å². The van der Waals surface area contributed by atoms with Gasteiger partial charge in [-0.25, -0.2) is 0 Å². The molecule has 0 aromatic rings. The van der Waals surface area contributed by atoms with Crippen molar-refractivity contribution in [2.45, 2.75) is 339 Å². The van der Waals surface area contributed by atoms with Crippen LogP contribution in [0.3, 0.4) is 0 Å². The smallest absolute Gasteiger partial charge is 0.306 e. The Labute approximate surface area is 514 Å². The molecule has 1 aliphatic rings. The second-order valence-corrected chi connectivity index (χ2v) is 23.6. The Balaban J connectivity index is 2.63. The Morgan fingerprint density at radius 3 is 1.25 bits per heavy atom. The fraction of sp³-hybridized carbons (Fsp3) is 0.753. The van der Waals surface area contributed by atoms with E-state index in [1.165, 1.54) is 122 Å². The number of nitrogens with one attached hydrogen (secondary N) is 1. The Bertz CT molecular complexity index is 1740. The molecule has 11 nitrogen and oxygen atoms in total. The third-order valence-electron chi connectivity index (χ3n) is 15.7. The van der Waals surface area contributed by atoms with Crippen molar-refractivity contribution in [2.24, 2.45) is 0 Å². The molecule has 1 aliphatic heterocycles. The maximum atomic E-state index is 13.5. The Morgan fingerprint density at radius 2 is 0.821 bits per heavy atom. The molecule has 484 valence electrons. The summed E-state index contributed by atoms with van der Waals surface area (Å²) >= 11 is 0. The van der Waals surface area contributed by atoms with Gasteiger partial charge in [0.1, 0.15) is 24.4 Å². The van der Waals surface area contributed by atoms with Gasteiger partial charge in [-0.1, -0.05) is 272 Å². The number of hydrogen-bond donors (Lipinski definition) is 6. The van der Waals surface area contributed by atoms with E-state index in [-0.39, 0.29) is 19.4 Å². The molecule has 0 bridgehead atoms. The number of aliphatic hydroxyl groups excluding tert-OH is 5. The first-order valence-corrected chi connectivity index (χ1v) is 34.5. The molecule has 0 spiro atoms. The van der Waals surface area contributed by atoms with Crippen LogP contribution in [0.5, 0.6) is 0 Å². The topological polar surface area (TPSA) is 175 Å². The summed E-state index contributed by atoms with van der Waals surface area (Å²) in [6, 6.07) is -1.04. The number of amides is 1. The number of hydrogen-bond acceptors (Lipinski definition) is 10. The van der Waals surface area contributed by atoms with Gasteiger partial charge in [0.15, 0.2) is 12.4 Å². The van der Waals surface area contributed by atoms with Gasteiger partial charge >= 0.3 is 5.97 Å². The van der Waals surface area contributed by atoms with E-state index in [1.807, 2.05) is 6.08 Å². The van der Waals surface area contributed by atoms with Crippen molar-refractivity contribution < 1.29 is 49.3 Å². The summed E-state index contributed by atoms with van der Waals surface area (Å²) in [5.41, 5.74) is 0. The molecule has 0 aromatic heterocycles. The first kappa shape index (κ1) is 78.6. The van der Waals surface area contributed by atoms with E-state index < -0.39 is 67.4 Å². The van der Waals surface area contributed by atoms with Gasteiger partial charge in [-0.3, -0.25) is 9.59 Å². The number of unbranched alkanes of at least 4 members (excludes halogenated alkanes) is 30. The van der Waals surface area contributed by atoms with E-state index in [0.717, 1.165) is 122 Å². The molecule has 84 heavy (non-hydrogen) atoms. The Kier molecular flexibility index (Phi) is 56.0. The maximum absolute atomic E-state index is 13.5. The van der Waals surface area contributed by atoms with Crippen LogP contribution in [0.4, 0.5) is 0 Å². The summed E-state index contributed by atoms with van der Waals surface area (Å²) in [5.74, 6) is -1.21. The van der Waals surface area contributed by atoms with Crippen molar-refractivity contribution in [3.63, 3.8) is 0 Å². The second-order valence-electron chi connectivity index (χ2n) is 23.6. The average Bonchev–Trinajstić information content (AvgIpc) is 3.55. The van der Waals surface area contributed by atoms with E-state index >= 15 is 0 Å². The molecular weight excluding hydrogens is 1050 g/mol. The van der Waals surface area contributed by atoms with Crippen molar-refractivity contribution in [2.75, 3.05) is 13.2 Å². The molecule has 6 N–H and O–H groups in total. The maximum Gasteiger partial charge on any atom is 0.306 e. The highest BCUT2D eigenvalue weighted by atomic mass is 16.7. The van der Waals surface area contributed by atoms with Gasteiger partial charge in [0, 0.05) is 6.42 Å². The lowest BCUT2D eigenvalue weighted by Gasteiger charge is -2.41. The minimum atomic E-state index is -1.62. The lowest BCUT2D eigenvalue weighted by Crippen LogP contribution is -2.61. The molecule has 0 saturated carbocycles. The normalized spacial score (nSPS) is 19.1. The highest BCUT2D eigenvalue weighted by Crippen LogP contribution is 2.26. The number of carbonyl (C=O) groups is 2. The van der Waals surface area contributed by atoms with Crippen molar-refractivity contribution in [3.05, 3.63) is 97.2 Å². The molecule has 0 aromatic carbocycles. The molecule has 1 saturated heterocycles. The summed E-state index contributed by atoms with van der Waals surface area (Å²) < 4.78 is 17.7. The SMILES string of the molecule is CCCCC/C=C\C/C=C\C/C=C\C/C=C\CCCCCCCCC(O)C(=O)NC(COC1OC(CO)C(O)C(O)C1OC(=O)CCCCCCCCCC/C=C\C/C=C\C/C=C\CCCCC)C(O)/C=C/CCCCCCCCCCCC. The molecular formula is C73H127NO10. The average molecular weight is 1180 g/mol. The summed E-state index contributed by atoms with van der Waals surface area (Å²) in [6.45, 7) is 5.74. The van der Waals surface area contributed by atoms with Crippen molar-refractivity contribution in [1.29, 1.82) is 0 Å². The minimum absolute atomic E-state index is 0.110. The van der Waals surface area contributed by atoms with Crippen molar-refractivity contribution in [3.8, 4) is 0 Å². The predicted octanol–water partition coefficient (Wildman–Crippen LogP) is 17.5. The summed E-state index contributed by atoms with van der Waals surface area (Å²) in [4.78, 5) is 26.7. The van der Waals surface area contributed by atoms with Gasteiger partial charge in [-0.2, -0.15) is 0 Å². The number of rotatable bonds is 58. The highest BCUT2D eigenvalue weighted by molar-refractivity contribution is 5.80. The standard InChI is InChI=1S/C73H127NO10/c1-4-7-10-13-16-19-22-25-27-29-31-33-35-36-38-40-42-45-48-51-54-57-60-66(77)72(81)74-64(65(76)59-56-53-50-47-44-24-21-18-15-12-9-6-3)63-82-73-71(70(80)69(79)67(62-75)83-73)84-68(78)61-58-55-52-49-46-43-41-39-37-34-32-30-28-26-23-20-17-14-11-8-5-2/h16-17,19-20,25-28,31-34,36,38,56,59,64-67,69-71,73,75-77,79-80H,4-15,18,21-24,29-30,35,37,39-55,57-58,60-63H2,1-3H3,(H,74,81)/b19-16-,20-17-,27-25-,28-26-,33-31-,34-32-,38-36-,59-56+. The molecule has 1 amide bonds. The largest absolute Gasteiger partial charge is 0.454 e. The molecule has 1 heterocycles. The van der Waals surface area contributed by atoms with E-state index in [4.69, 9.17) is 14.2 Å². The zero-order valence-corrected chi connectivity index (χ0v) is 53.7. The third-order valence-corrected chi connectivity index (χ3v) is 15.7. The first-order valence-electron chi connectivity index (χ1n) is 34.5. The lowest BCUT2D eigenvalue weighted by atomic mass is 9.99. The quantitative estimate of drug-likeness (QED) is 0.0195. The summed E-state index contributed by atoms with van der Waals surface area (Å²) in [5, 5.41) is 57.2. The zero-order valence-electron chi connectivity index (χ0n) is 53.7. The van der Waals surface area contributed by atoms with Crippen LogP contribution in [0.1, 0.15) is 290 Å². The van der Waals surface area contributed by atoms with Gasteiger partial charge in [0.2, 0.25) is 5.91 Å². The van der Waals surface area contributed by atoms with Crippen LogP contribution in [0.2, 0.25) is 0 Å². The van der Waals surface area contributed by atoms with E-state index in [0.29, 0.717) is 12.8 Å². The van der Waals surface area contributed by atoms with Gasteiger partial charge in [0.25, 0.3) is 0 Å². The fourth-order valence-electron chi connectivity index (χ4n) is 10.2. The molecule has 0 radical (unpaired) electrons. The molecule has 0 aliphatic carbocycles. The first-order chi connectivity index (χ1) is 41.2. The minimum Gasteiger partial charge on any atom is -0.454 e. The predicted molar refractivity (Wildman–Crippen MR) is 352 cm³/mol. The third kappa shape index (κ3) is 46.8. The molecule has 8 atom stereocenters. The molecule has 8 unspecified atom stereocenters. The van der Waals surface area contributed by atoms with Gasteiger partial charge in [-0.05, 0) is 109 Å². The van der Waals surface area contributed by atoms with Crippen LogP contribution in [0.15, 0.2) is 97.2 Å². The molecule has 1 rings (SSSR count). The van der Waals surface area contributed by atoms with Crippen LogP contribution >= 0.6 is 0 Å². The molecule has 11 heteroatoms. The number of allylic oxidation sites excluding steroid dienone is 15. The van der Waals surface area contributed by atoms with E-state index in [1.54, 1.807) is 6.08 Å². The number of ether oxygens (including phenoxy) is 3. The van der Waals surface area contributed by atoms with Gasteiger partial charge < -0.3 is 45.1 Å². The van der Waals surface area contributed by atoms with Crippen LogP contribution in [0, 0.1) is 0 Å². The van der Waals surface area contributed by atoms with Gasteiger partial charge in [0.05, 0.1) is 25.4 Å². The van der Waals surface area contributed by atoms with Crippen LogP contribution in [0.25, 0.3) is 0 Å². The van der Waals surface area contributed by atoms with Crippen LogP contribution in [-0.2, 0) is 23.8 Å². The highest BCUT2D eigenvalue weighted by Gasteiger charge is 2.47. The van der Waals surface area contributed by atoms with Crippen molar-refractivity contribution in [1.82, 2.24) is 5.32 Å². The number of esters is 1. The van der Waals surface area contributed by atoms with Crippen molar-refractivity contribution >= 4 is 11.9 Å². The zero-order chi connectivity index (χ0) is 61.0. The number of carbonyl (C=O) groups excluding carboxylic acids is 2. The summed E-state index contributed by atoms with van der Waals surface area (Å²) in [6.07, 6.45) is 70.0. The fourth-order valence-corrected chi connectivity index (χ4v) is 10.2. The number of aliphatic hydroxyl groups is 5.